The van der Waals surface area contributed by atoms with Gasteiger partial charge in [0, 0.05) is 44.0 Å². The molecule has 4 nitrogen and oxygen atoms in total. The Hall–Kier alpha value is -0.780. The molecule has 1 aromatic rings. The van der Waals surface area contributed by atoms with Crippen LogP contribution in [0, 0.1) is 4.64 Å². The maximum absolute atomic E-state index is 5.58. The fourth-order valence-electron chi connectivity index (χ4n) is 3.85. The third kappa shape index (κ3) is 2.22. The lowest BCUT2D eigenvalue weighted by Crippen LogP contribution is -2.57. The minimum Gasteiger partial charge on any atom is -0.345 e. The molecule has 20 heavy (non-hydrogen) atoms. The van der Waals surface area contributed by atoms with Gasteiger partial charge in [0.1, 0.15) is 10.5 Å². The highest BCUT2D eigenvalue weighted by Crippen LogP contribution is 2.28. The predicted octanol–water partition coefficient (Wildman–Crippen LogP) is 2.08. The summed E-state index contributed by atoms with van der Waals surface area (Å²) < 4.78 is 0.855. The minimum atomic E-state index is 0.424. The molecule has 0 spiro atoms. The summed E-state index contributed by atoms with van der Waals surface area (Å²) in [5.41, 5.74) is 2.69. The average Bonchev–Trinajstić information content (AvgIpc) is 2.74. The Bertz CT molecular complexity index is 559. The highest BCUT2D eigenvalue weighted by molar-refractivity contribution is 7.71. The Kier molecular flexibility index (Phi) is 3.36. The van der Waals surface area contributed by atoms with E-state index < -0.39 is 0 Å². The second kappa shape index (κ2) is 5.20. The van der Waals surface area contributed by atoms with E-state index in [1.54, 1.807) is 0 Å². The van der Waals surface area contributed by atoms with Gasteiger partial charge in [0.25, 0.3) is 0 Å². The minimum absolute atomic E-state index is 0.424. The van der Waals surface area contributed by atoms with Crippen LogP contribution in [-0.4, -0.2) is 52.5 Å². The maximum atomic E-state index is 5.58. The summed E-state index contributed by atoms with van der Waals surface area (Å²) in [4.78, 5) is 13.5. The molecule has 5 rings (SSSR count). The van der Waals surface area contributed by atoms with Gasteiger partial charge in [-0.3, -0.25) is 9.80 Å². The highest BCUT2D eigenvalue weighted by Gasteiger charge is 2.34. The van der Waals surface area contributed by atoms with Crippen LogP contribution in [0.5, 0.6) is 0 Å². The average molecular weight is 290 g/mol. The van der Waals surface area contributed by atoms with E-state index in [-0.39, 0.29) is 0 Å². The molecule has 1 unspecified atom stereocenters. The molecule has 1 aliphatic carbocycles. The van der Waals surface area contributed by atoms with Crippen LogP contribution in [0.1, 0.15) is 42.4 Å². The van der Waals surface area contributed by atoms with E-state index in [0.29, 0.717) is 6.04 Å². The topological polar surface area (TPSA) is 35.2 Å². The van der Waals surface area contributed by atoms with E-state index in [2.05, 4.69) is 14.8 Å². The molecule has 0 aromatic carbocycles. The first-order valence-corrected chi connectivity index (χ1v) is 8.30. The number of nitrogens with zero attached hydrogens (tertiary/aromatic N) is 3. The van der Waals surface area contributed by atoms with Crippen LogP contribution in [-0.2, 0) is 12.8 Å². The summed E-state index contributed by atoms with van der Waals surface area (Å²) in [6.45, 7) is 5.87. The third-order valence-electron chi connectivity index (χ3n) is 5.07. The first-order chi connectivity index (χ1) is 9.81. The van der Waals surface area contributed by atoms with E-state index >= 15 is 0 Å². The van der Waals surface area contributed by atoms with Crippen LogP contribution in [0.15, 0.2) is 0 Å². The fraction of sp³-hybridized carbons (Fsp3) is 0.733. The number of hydrogen-bond acceptors (Lipinski definition) is 4. The van der Waals surface area contributed by atoms with Crippen LogP contribution < -0.4 is 0 Å². The lowest BCUT2D eigenvalue weighted by atomic mass is 10.1. The zero-order valence-electron chi connectivity index (χ0n) is 11.9. The molecule has 1 aromatic heterocycles. The molecular weight excluding hydrogens is 268 g/mol. The number of H-pyrrole nitrogens is 1. The van der Waals surface area contributed by atoms with Crippen LogP contribution in [0.2, 0.25) is 0 Å². The molecule has 108 valence electrons. The number of aromatic amines is 1. The molecule has 1 N–H and O–H groups in total. The van der Waals surface area contributed by atoms with Gasteiger partial charge in [0.2, 0.25) is 0 Å². The second-order valence-corrected chi connectivity index (χ2v) is 6.68. The van der Waals surface area contributed by atoms with Crippen molar-refractivity contribution < 1.29 is 0 Å². The molecule has 0 radical (unpaired) electrons. The number of aromatic nitrogens is 2. The largest absolute Gasteiger partial charge is 0.345 e. The Morgan fingerprint density at radius 3 is 2.60 bits per heavy atom. The molecular formula is C15H22N4S. The molecule has 1 atom stereocenters. The Balaban J connectivity index is 1.70. The molecule has 3 fully saturated rings. The smallest absolute Gasteiger partial charge is 0.133 e. The van der Waals surface area contributed by atoms with Crippen molar-refractivity contribution in [1.29, 1.82) is 0 Å². The van der Waals surface area contributed by atoms with Crippen LogP contribution in [0.3, 0.4) is 0 Å². The SMILES string of the molecule is S=c1nc(C2CN3CCN2CC3)[nH]c2c1CCCCC2. The monoisotopic (exact) mass is 290 g/mol. The van der Waals surface area contributed by atoms with Gasteiger partial charge in [-0.25, -0.2) is 4.98 Å². The van der Waals surface area contributed by atoms with E-state index in [1.807, 2.05) is 0 Å². The van der Waals surface area contributed by atoms with Crippen molar-refractivity contribution >= 4 is 12.2 Å². The van der Waals surface area contributed by atoms with Gasteiger partial charge in [-0.1, -0.05) is 18.6 Å². The highest BCUT2D eigenvalue weighted by atomic mass is 32.1. The summed E-state index contributed by atoms with van der Waals surface area (Å²) in [5, 5.41) is 0. The summed E-state index contributed by atoms with van der Waals surface area (Å²) in [7, 11) is 0. The van der Waals surface area contributed by atoms with Crippen molar-refractivity contribution in [2.75, 3.05) is 32.7 Å². The van der Waals surface area contributed by atoms with Gasteiger partial charge in [-0.05, 0) is 25.7 Å². The molecule has 4 heterocycles. The standard InChI is InChI=1S/C15H22N4S/c20-15-11-4-2-1-3-5-12(11)16-14(17-15)13-10-18-6-8-19(13)9-7-18/h13H,1-10H2,(H,16,17,20). The van der Waals surface area contributed by atoms with Crippen LogP contribution in [0.25, 0.3) is 0 Å². The number of nitrogens with one attached hydrogen (secondary N) is 1. The fourth-order valence-corrected chi connectivity index (χ4v) is 4.17. The molecule has 2 bridgehead atoms. The maximum Gasteiger partial charge on any atom is 0.133 e. The van der Waals surface area contributed by atoms with Crippen molar-refractivity contribution in [3.63, 3.8) is 0 Å². The van der Waals surface area contributed by atoms with Crippen molar-refractivity contribution in [3.05, 3.63) is 21.7 Å². The molecule has 0 amide bonds. The summed E-state index contributed by atoms with van der Waals surface area (Å²) in [5.74, 6) is 1.11. The number of piperazine rings is 3. The van der Waals surface area contributed by atoms with Gasteiger partial charge in [0.15, 0.2) is 0 Å². The normalized spacial score (nSPS) is 32.7. The Morgan fingerprint density at radius 1 is 1.05 bits per heavy atom. The first kappa shape index (κ1) is 12.9. The molecule has 4 aliphatic rings. The van der Waals surface area contributed by atoms with E-state index in [1.165, 1.54) is 56.7 Å². The van der Waals surface area contributed by atoms with Crippen molar-refractivity contribution in [2.45, 2.75) is 38.1 Å². The van der Waals surface area contributed by atoms with Gasteiger partial charge >= 0.3 is 0 Å². The molecule has 0 saturated carbocycles. The van der Waals surface area contributed by atoms with Crippen molar-refractivity contribution in [3.8, 4) is 0 Å². The first-order valence-electron chi connectivity index (χ1n) is 7.89. The van der Waals surface area contributed by atoms with Crippen molar-refractivity contribution in [2.24, 2.45) is 0 Å². The number of aryl methyl sites for hydroxylation is 1. The number of hydrogen-bond donors (Lipinski definition) is 1. The summed E-state index contributed by atoms with van der Waals surface area (Å²) in [6, 6.07) is 0.424. The summed E-state index contributed by atoms with van der Waals surface area (Å²) in [6.07, 6.45) is 6.11. The van der Waals surface area contributed by atoms with Crippen LogP contribution in [0.4, 0.5) is 0 Å². The quantitative estimate of drug-likeness (QED) is 0.634. The number of fused-ring (bicyclic) bond motifs is 4. The predicted molar refractivity (Wildman–Crippen MR) is 81.4 cm³/mol. The third-order valence-corrected chi connectivity index (χ3v) is 5.41. The molecule has 3 aliphatic heterocycles. The number of rotatable bonds is 1. The Labute approximate surface area is 125 Å². The lowest BCUT2D eigenvalue weighted by molar-refractivity contribution is 0.00850. The zero-order chi connectivity index (χ0) is 13.5. The molecule has 3 saturated heterocycles. The zero-order valence-corrected chi connectivity index (χ0v) is 12.7. The summed E-state index contributed by atoms with van der Waals surface area (Å²) >= 11 is 5.58. The van der Waals surface area contributed by atoms with Gasteiger partial charge in [0.05, 0.1) is 6.04 Å². The van der Waals surface area contributed by atoms with E-state index in [4.69, 9.17) is 17.2 Å². The van der Waals surface area contributed by atoms with E-state index in [0.717, 1.165) is 29.9 Å². The van der Waals surface area contributed by atoms with Crippen molar-refractivity contribution in [1.82, 2.24) is 19.8 Å². The van der Waals surface area contributed by atoms with Gasteiger partial charge < -0.3 is 4.98 Å². The van der Waals surface area contributed by atoms with Gasteiger partial charge in [-0.15, -0.1) is 0 Å². The second-order valence-electron chi connectivity index (χ2n) is 6.30. The van der Waals surface area contributed by atoms with Crippen LogP contribution >= 0.6 is 12.2 Å². The van der Waals surface area contributed by atoms with E-state index in [9.17, 15) is 0 Å². The lowest BCUT2D eigenvalue weighted by Gasteiger charge is -2.47. The Morgan fingerprint density at radius 2 is 1.85 bits per heavy atom. The molecule has 5 heteroatoms. The van der Waals surface area contributed by atoms with Gasteiger partial charge in [-0.2, -0.15) is 0 Å².